The molecule has 0 aliphatic carbocycles. The van der Waals surface area contributed by atoms with Gasteiger partial charge >= 0.3 is 0 Å². The van der Waals surface area contributed by atoms with Crippen LogP contribution in [0.15, 0.2) is 0 Å². The summed E-state index contributed by atoms with van der Waals surface area (Å²) in [7, 11) is 0. The highest BCUT2D eigenvalue weighted by Crippen LogP contribution is 1.82. The molecule has 0 aromatic heterocycles. The monoisotopic (exact) mass is 98.0 g/mol. The Hall–Kier alpha value is -0.860. The SMILES string of the molecule is N=[C]CCC(=N)[O]. The van der Waals surface area contributed by atoms with Gasteiger partial charge in [0, 0.05) is 6.42 Å². The van der Waals surface area contributed by atoms with Crippen LogP contribution in [-0.4, -0.2) is 12.1 Å². The van der Waals surface area contributed by atoms with Crippen molar-refractivity contribution in [3.8, 4) is 0 Å². The quantitative estimate of drug-likeness (QED) is 0.385. The third-order valence-corrected chi connectivity index (χ3v) is 0.477. The molecule has 3 heteroatoms. The van der Waals surface area contributed by atoms with Gasteiger partial charge in [-0.05, 0) is 6.42 Å². The van der Waals surface area contributed by atoms with Gasteiger partial charge < -0.3 is 5.41 Å². The molecule has 7 heavy (non-hydrogen) atoms. The Kier molecular flexibility index (Phi) is 2.92. The Morgan fingerprint density at radius 3 is 2.43 bits per heavy atom. The molecule has 0 spiro atoms. The lowest BCUT2D eigenvalue weighted by molar-refractivity contribution is 0.408. The number of rotatable bonds is 3. The van der Waals surface area contributed by atoms with Crippen LogP contribution in [-0.2, 0) is 5.11 Å². The molecule has 2 radical (unpaired) electrons. The maximum Gasteiger partial charge on any atom is 0.238 e. The highest BCUT2D eigenvalue weighted by atomic mass is 16.3. The van der Waals surface area contributed by atoms with E-state index >= 15 is 0 Å². The Morgan fingerprint density at radius 1 is 1.71 bits per heavy atom. The summed E-state index contributed by atoms with van der Waals surface area (Å²) in [5.41, 5.74) is 0. The second-order valence-corrected chi connectivity index (χ2v) is 1.10. The van der Waals surface area contributed by atoms with Crippen molar-refractivity contribution >= 4 is 12.1 Å². The Labute approximate surface area is 42.0 Å². The van der Waals surface area contributed by atoms with Gasteiger partial charge in [-0.25, -0.2) is 0 Å². The summed E-state index contributed by atoms with van der Waals surface area (Å²) >= 11 is 0. The first-order chi connectivity index (χ1) is 3.27. The van der Waals surface area contributed by atoms with Crippen LogP contribution >= 0.6 is 0 Å². The van der Waals surface area contributed by atoms with E-state index in [-0.39, 0.29) is 12.8 Å². The molecular formula is C4H6N2O. The van der Waals surface area contributed by atoms with E-state index in [9.17, 15) is 5.11 Å². The fourth-order valence-corrected chi connectivity index (χ4v) is 0.176. The molecule has 38 valence electrons. The summed E-state index contributed by atoms with van der Waals surface area (Å²) in [6.45, 7) is 0. The third kappa shape index (κ3) is 5.14. The van der Waals surface area contributed by atoms with Crippen molar-refractivity contribution in [1.29, 1.82) is 10.8 Å². The molecule has 0 amide bonds. The first kappa shape index (κ1) is 6.14. The van der Waals surface area contributed by atoms with Crippen LogP contribution in [0.2, 0.25) is 0 Å². The third-order valence-electron chi connectivity index (χ3n) is 0.477. The topological polar surface area (TPSA) is 67.6 Å². The Morgan fingerprint density at radius 2 is 2.29 bits per heavy atom. The molecule has 0 aromatic rings. The normalized spacial score (nSPS) is 8.00. The van der Waals surface area contributed by atoms with E-state index < -0.39 is 5.90 Å². The van der Waals surface area contributed by atoms with E-state index in [2.05, 4.69) is 0 Å². The van der Waals surface area contributed by atoms with Crippen LogP contribution in [0.1, 0.15) is 12.8 Å². The van der Waals surface area contributed by atoms with Crippen molar-refractivity contribution in [2.24, 2.45) is 0 Å². The molecule has 0 heterocycles. The van der Waals surface area contributed by atoms with Gasteiger partial charge in [-0.2, -0.15) is 0 Å². The van der Waals surface area contributed by atoms with Gasteiger partial charge in [0.05, 0.1) is 6.21 Å². The average molecular weight is 98.1 g/mol. The molecule has 0 saturated heterocycles. The number of hydrogen-bond acceptors (Lipinski definition) is 2. The molecule has 0 aliphatic heterocycles. The Balaban J connectivity index is 2.97. The zero-order chi connectivity index (χ0) is 5.70. The molecule has 0 atom stereocenters. The molecule has 0 unspecified atom stereocenters. The lowest BCUT2D eigenvalue weighted by atomic mass is 10.3. The zero-order valence-electron chi connectivity index (χ0n) is 3.82. The van der Waals surface area contributed by atoms with Crippen molar-refractivity contribution in [3.63, 3.8) is 0 Å². The molecule has 3 nitrogen and oxygen atoms in total. The van der Waals surface area contributed by atoms with Gasteiger partial charge in [0.15, 0.2) is 0 Å². The van der Waals surface area contributed by atoms with Crippen LogP contribution in [0.25, 0.3) is 0 Å². The standard InChI is InChI=1S/C4H6N2O/c5-3-1-2-4(6)7/h5-6H,1-2H2. The van der Waals surface area contributed by atoms with Crippen LogP contribution in [0.3, 0.4) is 0 Å². The lowest BCUT2D eigenvalue weighted by Gasteiger charge is -1.80. The van der Waals surface area contributed by atoms with E-state index in [1.165, 1.54) is 0 Å². The zero-order valence-corrected chi connectivity index (χ0v) is 3.82. The van der Waals surface area contributed by atoms with Gasteiger partial charge in [0.25, 0.3) is 0 Å². The molecule has 0 aliphatic rings. The molecule has 0 saturated carbocycles. The van der Waals surface area contributed by atoms with E-state index in [4.69, 9.17) is 10.8 Å². The molecule has 0 bridgehead atoms. The minimum absolute atomic E-state index is 0.128. The minimum Gasteiger partial charge on any atom is -0.303 e. The van der Waals surface area contributed by atoms with Crippen LogP contribution < -0.4 is 0 Å². The summed E-state index contributed by atoms with van der Waals surface area (Å²) in [4.78, 5) is 0. The van der Waals surface area contributed by atoms with Gasteiger partial charge in [0.1, 0.15) is 0 Å². The van der Waals surface area contributed by atoms with Crippen molar-refractivity contribution < 1.29 is 5.11 Å². The van der Waals surface area contributed by atoms with E-state index in [0.29, 0.717) is 0 Å². The van der Waals surface area contributed by atoms with E-state index in [0.717, 1.165) is 0 Å². The van der Waals surface area contributed by atoms with Gasteiger partial charge in [-0.1, -0.05) is 0 Å². The smallest absolute Gasteiger partial charge is 0.238 e. The molecule has 0 fully saturated rings. The molecular weight excluding hydrogens is 92.1 g/mol. The predicted molar refractivity (Wildman–Crippen MR) is 25.4 cm³/mol. The number of hydrogen-bond donors (Lipinski definition) is 2. The van der Waals surface area contributed by atoms with E-state index in [1.807, 2.05) is 6.21 Å². The van der Waals surface area contributed by atoms with Gasteiger partial charge in [0.2, 0.25) is 5.90 Å². The van der Waals surface area contributed by atoms with Crippen LogP contribution in [0, 0.1) is 10.8 Å². The van der Waals surface area contributed by atoms with Crippen molar-refractivity contribution in [3.05, 3.63) is 0 Å². The molecule has 0 aromatic carbocycles. The second kappa shape index (κ2) is 3.33. The summed E-state index contributed by atoms with van der Waals surface area (Å²) < 4.78 is 0. The Bertz CT molecular complexity index is 79.8. The van der Waals surface area contributed by atoms with Crippen molar-refractivity contribution in [2.75, 3.05) is 0 Å². The van der Waals surface area contributed by atoms with Crippen molar-refractivity contribution in [1.82, 2.24) is 0 Å². The average Bonchev–Trinajstić information content (AvgIpc) is 1.61. The molecule has 0 rings (SSSR count). The second-order valence-electron chi connectivity index (χ2n) is 1.10. The predicted octanol–water partition coefficient (Wildman–Crippen LogP) is 0.701. The molecule has 2 N–H and O–H groups in total. The maximum atomic E-state index is 9.75. The van der Waals surface area contributed by atoms with Gasteiger partial charge in [-0.3, -0.25) is 10.5 Å². The summed E-state index contributed by atoms with van der Waals surface area (Å²) in [5, 5.41) is 22.4. The van der Waals surface area contributed by atoms with Crippen LogP contribution in [0.4, 0.5) is 0 Å². The fourth-order valence-electron chi connectivity index (χ4n) is 0.176. The van der Waals surface area contributed by atoms with Crippen molar-refractivity contribution in [2.45, 2.75) is 12.8 Å². The minimum atomic E-state index is -0.625. The first-order valence-electron chi connectivity index (χ1n) is 1.91. The fraction of sp³-hybridized carbons (Fsp3) is 0.500. The maximum absolute atomic E-state index is 9.75. The summed E-state index contributed by atoms with van der Waals surface area (Å²) in [5.74, 6) is -0.625. The summed E-state index contributed by atoms with van der Waals surface area (Å²) in [6.07, 6.45) is 2.42. The highest BCUT2D eigenvalue weighted by Gasteiger charge is 1.89. The first-order valence-corrected chi connectivity index (χ1v) is 1.91. The number of nitrogens with one attached hydrogen (secondary N) is 2. The lowest BCUT2D eigenvalue weighted by Crippen LogP contribution is -1.89. The highest BCUT2D eigenvalue weighted by molar-refractivity contribution is 5.72. The van der Waals surface area contributed by atoms with Gasteiger partial charge in [-0.15, -0.1) is 0 Å². The van der Waals surface area contributed by atoms with E-state index in [1.54, 1.807) is 0 Å². The largest absolute Gasteiger partial charge is 0.303 e. The summed E-state index contributed by atoms with van der Waals surface area (Å²) in [6, 6.07) is 0. The van der Waals surface area contributed by atoms with Crippen LogP contribution in [0.5, 0.6) is 0 Å².